The van der Waals surface area contributed by atoms with Gasteiger partial charge in [0.2, 0.25) is 5.91 Å². The molecular weight excluding hydrogens is 321 g/mol. The molecule has 0 spiro atoms. The topological polar surface area (TPSA) is 51.0 Å². The molecule has 1 aliphatic heterocycles. The van der Waals surface area contributed by atoms with Gasteiger partial charge in [-0.2, -0.15) is 18.3 Å². The molecule has 24 heavy (non-hydrogen) atoms. The molecule has 0 unspecified atom stereocenters. The molecule has 1 fully saturated rings. The summed E-state index contributed by atoms with van der Waals surface area (Å²) >= 11 is 0. The molecule has 1 amide bonds. The fraction of sp³-hybridized carbons (Fsp3) is 0.438. The van der Waals surface area contributed by atoms with Crippen LogP contribution in [-0.4, -0.2) is 32.1 Å². The maximum Gasteiger partial charge on any atom is 0.416 e. The zero-order valence-corrected chi connectivity index (χ0v) is 12.9. The first-order valence-corrected chi connectivity index (χ1v) is 7.74. The Morgan fingerprint density at radius 3 is 2.58 bits per heavy atom. The summed E-state index contributed by atoms with van der Waals surface area (Å²) in [5, 5.41) is 3.92. The Bertz CT molecular complexity index is 682. The first kappa shape index (κ1) is 16.5. The first-order valence-electron chi connectivity index (χ1n) is 7.74. The normalized spacial score (nSPS) is 18.6. The van der Waals surface area contributed by atoms with Crippen molar-refractivity contribution in [3.8, 4) is 0 Å². The lowest BCUT2D eigenvalue weighted by molar-refractivity contribution is -0.138. The fourth-order valence-electron chi connectivity index (χ4n) is 3.01. The van der Waals surface area contributed by atoms with Gasteiger partial charge in [-0.3, -0.25) is 4.79 Å². The van der Waals surface area contributed by atoms with E-state index in [1.807, 2.05) is 0 Å². The highest BCUT2D eigenvalue weighted by Gasteiger charge is 2.32. The summed E-state index contributed by atoms with van der Waals surface area (Å²) in [6.45, 7) is 0.677. The molecular formula is C16H17F3N4O. The van der Waals surface area contributed by atoms with Crippen LogP contribution in [0.5, 0.6) is 0 Å². The summed E-state index contributed by atoms with van der Waals surface area (Å²) < 4.78 is 39.5. The third kappa shape index (κ3) is 3.58. The van der Waals surface area contributed by atoms with Crippen LogP contribution in [-0.2, 0) is 17.5 Å². The number of rotatable bonds is 3. The van der Waals surface area contributed by atoms with Gasteiger partial charge in [0.15, 0.2) is 0 Å². The van der Waals surface area contributed by atoms with E-state index in [2.05, 4.69) is 10.1 Å². The molecule has 128 valence electrons. The zero-order valence-electron chi connectivity index (χ0n) is 12.9. The Balaban J connectivity index is 1.78. The van der Waals surface area contributed by atoms with Gasteiger partial charge in [0, 0.05) is 6.54 Å². The van der Waals surface area contributed by atoms with Crippen molar-refractivity contribution >= 4 is 5.91 Å². The second-order valence-corrected chi connectivity index (χ2v) is 5.81. The van der Waals surface area contributed by atoms with Gasteiger partial charge in [0.05, 0.1) is 11.6 Å². The van der Waals surface area contributed by atoms with Gasteiger partial charge < -0.3 is 4.90 Å². The number of likely N-dealkylation sites (tertiary alicyclic amines) is 1. The molecule has 1 saturated heterocycles. The Kier molecular flexibility index (Phi) is 4.55. The van der Waals surface area contributed by atoms with Crippen molar-refractivity contribution in [1.29, 1.82) is 0 Å². The molecule has 2 heterocycles. The average Bonchev–Trinajstić information content (AvgIpc) is 3.07. The molecule has 1 aliphatic rings. The maximum atomic E-state index is 12.7. The summed E-state index contributed by atoms with van der Waals surface area (Å²) in [6, 6.07) is 4.88. The fourth-order valence-corrected chi connectivity index (χ4v) is 3.01. The van der Waals surface area contributed by atoms with E-state index < -0.39 is 11.7 Å². The van der Waals surface area contributed by atoms with Crippen LogP contribution in [0.3, 0.4) is 0 Å². The third-order valence-corrected chi connectivity index (χ3v) is 4.21. The van der Waals surface area contributed by atoms with E-state index in [-0.39, 0.29) is 18.5 Å². The number of amides is 1. The van der Waals surface area contributed by atoms with Gasteiger partial charge >= 0.3 is 6.18 Å². The van der Waals surface area contributed by atoms with E-state index in [0.717, 1.165) is 37.0 Å². The van der Waals surface area contributed by atoms with Crippen molar-refractivity contribution in [3.05, 3.63) is 48.0 Å². The van der Waals surface area contributed by atoms with Crippen LogP contribution in [0.15, 0.2) is 36.9 Å². The molecule has 8 heteroatoms. The van der Waals surface area contributed by atoms with Crippen LogP contribution < -0.4 is 0 Å². The van der Waals surface area contributed by atoms with Crippen LogP contribution in [0.4, 0.5) is 13.2 Å². The van der Waals surface area contributed by atoms with Gasteiger partial charge in [-0.15, -0.1) is 0 Å². The number of nitrogens with zero attached hydrogens (tertiary/aromatic N) is 4. The molecule has 1 aromatic carbocycles. The molecule has 0 radical (unpaired) electrons. The number of carbonyl (C=O) groups excluding carboxylic acids is 1. The molecule has 5 nitrogen and oxygen atoms in total. The van der Waals surface area contributed by atoms with E-state index in [4.69, 9.17) is 0 Å². The maximum absolute atomic E-state index is 12.7. The average molecular weight is 338 g/mol. The lowest BCUT2D eigenvalue weighted by atomic mass is 9.94. The smallest absolute Gasteiger partial charge is 0.334 e. The lowest BCUT2D eigenvalue weighted by Gasteiger charge is -2.36. The minimum absolute atomic E-state index is 0.0805. The number of piperidine rings is 1. The SMILES string of the molecule is O=C(Cn1cncn1)N1CCCC[C@H]1c1ccc(C(F)(F)F)cc1. The number of alkyl halides is 3. The number of carbonyl (C=O) groups is 1. The molecule has 0 saturated carbocycles. The molecule has 1 atom stereocenters. The lowest BCUT2D eigenvalue weighted by Crippen LogP contribution is -2.40. The number of halogens is 3. The van der Waals surface area contributed by atoms with E-state index in [1.54, 1.807) is 4.90 Å². The van der Waals surface area contributed by atoms with Gasteiger partial charge in [0.25, 0.3) is 0 Å². The van der Waals surface area contributed by atoms with Crippen LogP contribution in [0.2, 0.25) is 0 Å². The van der Waals surface area contributed by atoms with E-state index in [1.165, 1.54) is 29.5 Å². The molecule has 0 N–H and O–H groups in total. The Morgan fingerprint density at radius 1 is 1.21 bits per heavy atom. The summed E-state index contributed by atoms with van der Waals surface area (Å²) in [6.07, 6.45) is 1.05. The predicted octanol–water partition coefficient (Wildman–Crippen LogP) is 3.05. The second-order valence-electron chi connectivity index (χ2n) is 5.81. The first-order chi connectivity index (χ1) is 11.4. The largest absolute Gasteiger partial charge is 0.416 e. The quantitative estimate of drug-likeness (QED) is 0.864. The monoisotopic (exact) mass is 338 g/mol. The van der Waals surface area contributed by atoms with Crippen LogP contribution in [0.1, 0.15) is 36.4 Å². The van der Waals surface area contributed by atoms with Crippen molar-refractivity contribution in [1.82, 2.24) is 19.7 Å². The standard InChI is InChI=1S/C16H17F3N4O/c17-16(18,19)13-6-4-12(5-7-13)14-3-1-2-8-23(14)15(24)9-22-11-20-10-21-22/h4-7,10-11,14H,1-3,8-9H2/t14-/m0/s1. The van der Waals surface area contributed by atoms with E-state index in [9.17, 15) is 18.0 Å². The number of aromatic nitrogens is 3. The number of hydrogen-bond donors (Lipinski definition) is 0. The molecule has 1 aromatic heterocycles. The summed E-state index contributed by atoms with van der Waals surface area (Å²) in [4.78, 5) is 18.1. The molecule has 3 rings (SSSR count). The Morgan fingerprint density at radius 2 is 1.96 bits per heavy atom. The molecule has 0 bridgehead atoms. The van der Waals surface area contributed by atoms with E-state index >= 15 is 0 Å². The molecule has 2 aromatic rings. The van der Waals surface area contributed by atoms with Crippen molar-refractivity contribution < 1.29 is 18.0 Å². The van der Waals surface area contributed by atoms with Crippen molar-refractivity contribution in [2.24, 2.45) is 0 Å². The zero-order chi connectivity index (χ0) is 17.2. The van der Waals surface area contributed by atoms with Crippen molar-refractivity contribution in [2.45, 2.75) is 38.0 Å². The minimum Gasteiger partial charge on any atom is -0.334 e. The summed E-state index contributed by atoms with van der Waals surface area (Å²) in [7, 11) is 0. The van der Waals surface area contributed by atoms with E-state index in [0.29, 0.717) is 6.54 Å². The molecule has 0 aliphatic carbocycles. The van der Waals surface area contributed by atoms with Crippen LogP contribution in [0.25, 0.3) is 0 Å². The van der Waals surface area contributed by atoms with Crippen LogP contribution in [0, 0.1) is 0 Å². The minimum atomic E-state index is -4.35. The predicted molar refractivity (Wildman–Crippen MR) is 79.8 cm³/mol. The highest BCUT2D eigenvalue weighted by molar-refractivity contribution is 5.76. The number of hydrogen-bond acceptors (Lipinski definition) is 3. The van der Waals surface area contributed by atoms with Gasteiger partial charge in [-0.05, 0) is 37.0 Å². The summed E-state index contributed by atoms with van der Waals surface area (Å²) in [5.74, 6) is -0.106. The van der Waals surface area contributed by atoms with Gasteiger partial charge in [-0.25, -0.2) is 9.67 Å². The van der Waals surface area contributed by atoms with Gasteiger partial charge in [-0.1, -0.05) is 12.1 Å². The van der Waals surface area contributed by atoms with Gasteiger partial charge in [0.1, 0.15) is 19.2 Å². The summed E-state index contributed by atoms with van der Waals surface area (Å²) in [5.41, 5.74) is 0.0530. The highest BCUT2D eigenvalue weighted by Crippen LogP contribution is 2.34. The van der Waals surface area contributed by atoms with Crippen molar-refractivity contribution in [3.63, 3.8) is 0 Å². The third-order valence-electron chi connectivity index (χ3n) is 4.21. The van der Waals surface area contributed by atoms with Crippen molar-refractivity contribution in [2.75, 3.05) is 6.54 Å². The Labute approximate surface area is 137 Å². The highest BCUT2D eigenvalue weighted by atomic mass is 19.4. The Hall–Kier alpha value is -2.38. The van der Waals surface area contributed by atoms with Crippen LogP contribution >= 0.6 is 0 Å². The number of benzene rings is 1. The second kappa shape index (κ2) is 6.62.